The van der Waals surface area contributed by atoms with Crippen LogP contribution in [-0.4, -0.2) is 30.6 Å². The van der Waals surface area contributed by atoms with Gasteiger partial charge in [0.2, 0.25) is 0 Å². The molecule has 0 spiro atoms. The molecule has 0 radical (unpaired) electrons. The Labute approximate surface area is 129 Å². The fraction of sp³-hybridized carbons (Fsp3) is 0.533. The predicted molar refractivity (Wildman–Crippen MR) is 81.1 cm³/mol. The fourth-order valence-corrected chi connectivity index (χ4v) is 3.01. The zero-order chi connectivity index (χ0) is 14.5. The topological polar surface area (TPSA) is 29.5 Å². The van der Waals surface area contributed by atoms with Crippen molar-refractivity contribution in [3.05, 3.63) is 33.8 Å². The first kappa shape index (κ1) is 15.6. The van der Waals surface area contributed by atoms with Crippen LogP contribution in [0.2, 0.25) is 10.0 Å². The summed E-state index contributed by atoms with van der Waals surface area (Å²) in [6, 6.07) is 5.54. The zero-order valence-corrected chi connectivity index (χ0v) is 13.1. The van der Waals surface area contributed by atoms with Gasteiger partial charge in [0.1, 0.15) is 0 Å². The number of carbonyl (C=O) groups excluding carboxylic acids is 1. The monoisotopic (exact) mass is 315 g/mol. The summed E-state index contributed by atoms with van der Waals surface area (Å²) >= 11 is 12.1. The molecule has 0 unspecified atom stereocenters. The number of hydrogen-bond donors (Lipinski definition) is 0. The number of hydrogen-bond acceptors (Lipinski definition) is 3. The fourth-order valence-electron chi connectivity index (χ4n) is 2.54. The molecule has 1 aromatic rings. The molecule has 20 heavy (non-hydrogen) atoms. The molecule has 110 valence electrons. The smallest absolute Gasteiger partial charge is 0.310 e. The van der Waals surface area contributed by atoms with Crippen molar-refractivity contribution in [2.75, 3.05) is 19.7 Å². The van der Waals surface area contributed by atoms with E-state index in [1.54, 1.807) is 6.07 Å². The quantitative estimate of drug-likeness (QED) is 0.792. The molecular weight excluding hydrogens is 297 g/mol. The van der Waals surface area contributed by atoms with Crippen molar-refractivity contribution in [1.29, 1.82) is 0 Å². The molecule has 1 aliphatic heterocycles. The first-order valence-electron chi connectivity index (χ1n) is 6.93. The molecule has 5 heteroatoms. The van der Waals surface area contributed by atoms with Gasteiger partial charge in [-0.25, -0.2) is 0 Å². The third-order valence-corrected chi connectivity index (χ3v) is 4.12. The highest BCUT2D eigenvalue weighted by Crippen LogP contribution is 2.25. The standard InChI is InChI=1S/C15H19Cl2NO2/c1-2-20-15(19)12-4-3-7-18(10-12)9-11-5-6-13(16)8-14(11)17/h5-6,8,12H,2-4,7,9-10H2,1H3/t12-/m1/s1. The number of halogens is 2. The minimum Gasteiger partial charge on any atom is -0.466 e. The van der Waals surface area contributed by atoms with E-state index in [2.05, 4.69) is 4.90 Å². The number of carbonyl (C=O) groups is 1. The van der Waals surface area contributed by atoms with E-state index in [-0.39, 0.29) is 11.9 Å². The van der Waals surface area contributed by atoms with E-state index >= 15 is 0 Å². The maximum atomic E-state index is 11.8. The van der Waals surface area contributed by atoms with Crippen molar-refractivity contribution in [3.8, 4) is 0 Å². The molecule has 0 aromatic heterocycles. The third-order valence-electron chi connectivity index (χ3n) is 3.53. The van der Waals surface area contributed by atoms with Crippen molar-refractivity contribution in [1.82, 2.24) is 4.90 Å². The van der Waals surface area contributed by atoms with Crippen LogP contribution in [-0.2, 0) is 16.1 Å². The summed E-state index contributed by atoms with van der Waals surface area (Å²) < 4.78 is 5.11. The second kappa shape index (κ2) is 7.30. The van der Waals surface area contributed by atoms with Crippen molar-refractivity contribution in [3.63, 3.8) is 0 Å². The Kier molecular flexibility index (Phi) is 5.70. The van der Waals surface area contributed by atoms with Crippen LogP contribution in [0.5, 0.6) is 0 Å². The van der Waals surface area contributed by atoms with Crippen LogP contribution >= 0.6 is 23.2 Å². The molecule has 2 rings (SSSR count). The molecule has 0 bridgehead atoms. The number of nitrogens with zero attached hydrogens (tertiary/aromatic N) is 1. The molecule has 1 saturated heterocycles. The number of likely N-dealkylation sites (tertiary alicyclic amines) is 1. The molecule has 1 aliphatic rings. The predicted octanol–water partition coefficient (Wildman–Crippen LogP) is 3.77. The largest absolute Gasteiger partial charge is 0.466 e. The molecule has 3 nitrogen and oxygen atoms in total. The lowest BCUT2D eigenvalue weighted by Crippen LogP contribution is -2.38. The van der Waals surface area contributed by atoms with Crippen molar-refractivity contribution >= 4 is 29.2 Å². The van der Waals surface area contributed by atoms with Crippen LogP contribution in [0.1, 0.15) is 25.3 Å². The molecule has 1 atom stereocenters. The normalized spacial score (nSPS) is 19.9. The number of piperidine rings is 1. The Balaban J connectivity index is 1.97. The molecular formula is C15H19Cl2NO2. The van der Waals surface area contributed by atoms with Gasteiger partial charge in [0.25, 0.3) is 0 Å². The summed E-state index contributed by atoms with van der Waals surface area (Å²) in [6.45, 7) is 4.74. The number of esters is 1. The summed E-state index contributed by atoms with van der Waals surface area (Å²) in [5.41, 5.74) is 1.04. The van der Waals surface area contributed by atoms with E-state index in [1.165, 1.54) is 0 Å². The second-order valence-corrected chi connectivity index (χ2v) is 5.91. The molecule has 0 amide bonds. The van der Waals surface area contributed by atoms with Crippen LogP contribution in [0, 0.1) is 5.92 Å². The summed E-state index contributed by atoms with van der Waals surface area (Å²) in [7, 11) is 0. The van der Waals surface area contributed by atoms with Gasteiger partial charge in [-0.05, 0) is 44.0 Å². The average Bonchev–Trinajstić information content (AvgIpc) is 2.43. The Bertz CT molecular complexity index is 479. The first-order valence-corrected chi connectivity index (χ1v) is 7.68. The Morgan fingerprint density at radius 3 is 2.95 bits per heavy atom. The maximum Gasteiger partial charge on any atom is 0.310 e. The van der Waals surface area contributed by atoms with Crippen molar-refractivity contribution < 1.29 is 9.53 Å². The van der Waals surface area contributed by atoms with Gasteiger partial charge in [-0.3, -0.25) is 9.69 Å². The molecule has 1 fully saturated rings. The van der Waals surface area contributed by atoms with E-state index in [1.807, 2.05) is 19.1 Å². The summed E-state index contributed by atoms with van der Waals surface area (Å²) in [4.78, 5) is 14.1. The van der Waals surface area contributed by atoms with Gasteiger partial charge < -0.3 is 4.74 Å². The van der Waals surface area contributed by atoms with Gasteiger partial charge in [0.15, 0.2) is 0 Å². The first-order chi connectivity index (χ1) is 9.60. The summed E-state index contributed by atoms with van der Waals surface area (Å²) in [6.07, 6.45) is 1.92. The lowest BCUT2D eigenvalue weighted by molar-refractivity contribution is -0.150. The average molecular weight is 316 g/mol. The molecule has 0 aliphatic carbocycles. The Morgan fingerprint density at radius 1 is 1.45 bits per heavy atom. The maximum absolute atomic E-state index is 11.8. The molecule has 1 aromatic carbocycles. The highest BCUT2D eigenvalue weighted by Gasteiger charge is 2.26. The van der Waals surface area contributed by atoms with Crippen LogP contribution in [0.3, 0.4) is 0 Å². The minimum absolute atomic E-state index is 0.0187. The third kappa shape index (κ3) is 4.11. The van der Waals surface area contributed by atoms with E-state index in [0.717, 1.165) is 38.0 Å². The van der Waals surface area contributed by atoms with Gasteiger partial charge in [0, 0.05) is 23.1 Å². The highest BCUT2D eigenvalue weighted by atomic mass is 35.5. The number of rotatable bonds is 4. The van der Waals surface area contributed by atoms with E-state index < -0.39 is 0 Å². The van der Waals surface area contributed by atoms with Gasteiger partial charge >= 0.3 is 5.97 Å². The SMILES string of the molecule is CCOC(=O)[C@@H]1CCCN(Cc2ccc(Cl)cc2Cl)C1. The van der Waals surface area contributed by atoms with Gasteiger partial charge in [0.05, 0.1) is 12.5 Å². The highest BCUT2D eigenvalue weighted by molar-refractivity contribution is 6.35. The van der Waals surface area contributed by atoms with Crippen LogP contribution < -0.4 is 0 Å². The van der Waals surface area contributed by atoms with Gasteiger partial charge in [-0.1, -0.05) is 29.3 Å². The lowest BCUT2D eigenvalue weighted by atomic mass is 9.98. The van der Waals surface area contributed by atoms with Gasteiger partial charge in [-0.2, -0.15) is 0 Å². The molecule has 0 N–H and O–H groups in total. The van der Waals surface area contributed by atoms with E-state index in [9.17, 15) is 4.79 Å². The Morgan fingerprint density at radius 2 is 2.25 bits per heavy atom. The minimum atomic E-state index is -0.0839. The second-order valence-electron chi connectivity index (χ2n) is 5.06. The molecule has 0 saturated carbocycles. The Hall–Kier alpha value is -0.770. The molecule has 1 heterocycles. The van der Waals surface area contributed by atoms with Gasteiger partial charge in [-0.15, -0.1) is 0 Å². The lowest BCUT2D eigenvalue weighted by Gasteiger charge is -2.31. The summed E-state index contributed by atoms with van der Waals surface area (Å²) in [5.74, 6) is -0.103. The van der Waals surface area contributed by atoms with Crippen LogP contribution in [0.25, 0.3) is 0 Å². The van der Waals surface area contributed by atoms with E-state index in [4.69, 9.17) is 27.9 Å². The zero-order valence-electron chi connectivity index (χ0n) is 11.6. The van der Waals surface area contributed by atoms with E-state index in [0.29, 0.717) is 16.7 Å². The number of ether oxygens (including phenoxy) is 1. The number of benzene rings is 1. The van der Waals surface area contributed by atoms with Crippen molar-refractivity contribution in [2.45, 2.75) is 26.3 Å². The van der Waals surface area contributed by atoms with Crippen LogP contribution in [0.4, 0.5) is 0 Å². The van der Waals surface area contributed by atoms with Crippen LogP contribution in [0.15, 0.2) is 18.2 Å². The van der Waals surface area contributed by atoms with Crippen molar-refractivity contribution in [2.24, 2.45) is 5.92 Å². The summed E-state index contributed by atoms with van der Waals surface area (Å²) in [5, 5.41) is 1.32.